The quantitative estimate of drug-likeness (QED) is 0.0539. The summed E-state index contributed by atoms with van der Waals surface area (Å²) in [5, 5.41) is 89.4. The van der Waals surface area contributed by atoms with Gasteiger partial charge in [0.2, 0.25) is 18.9 Å². The van der Waals surface area contributed by atoms with E-state index in [1.165, 1.54) is 0 Å². The van der Waals surface area contributed by atoms with Crippen LogP contribution in [0.5, 0.6) is 0 Å². The molecular weight excluding hydrogens is 536 g/mol. The highest BCUT2D eigenvalue weighted by atomic mass is 16.8. The van der Waals surface area contributed by atoms with Gasteiger partial charge in [-0.1, -0.05) is 0 Å². The molecule has 2 saturated heterocycles. The fourth-order valence-corrected chi connectivity index (χ4v) is 3.41. The van der Waals surface area contributed by atoms with Crippen LogP contribution in [-0.2, 0) is 52.3 Å². The van der Waals surface area contributed by atoms with Gasteiger partial charge in [0.25, 0.3) is 19.4 Å². The van der Waals surface area contributed by atoms with Crippen LogP contribution in [0.25, 0.3) is 0 Å². The first-order chi connectivity index (χ1) is 17.9. The molecule has 20 heteroatoms. The average Bonchev–Trinajstić information content (AvgIpc) is 2.88. The van der Waals surface area contributed by atoms with Crippen LogP contribution in [0.3, 0.4) is 0 Å². The number of rotatable bonds is 14. The molecule has 2 heterocycles. The van der Waals surface area contributed by atoms with Crippen LogP contribution in [0.15, 0.2) is 0 Å². The van der Waals surface area contributed by atoms with E-state index < -0.39 is 92.4 Å². The van der Waals surface area contributed by atoms with Gasteiger partial charge in [0.15, 0.2) is 30.9 Å². The van der Waals surface area contributed by atoms with Crippen molar-refractivity contribution in [2.24, 2.45) is 0 Å². The van der Waals surface area contributed by atoms with Crippen molar-refractivity contribution in [3.05, 3.63) is 0 Å². The predicted octanol–water partition coefficient (Wildman–Crippen LogP) is -7.43. The van der Waals surface area contributed by atoms with Gasteiger partial charge in [0.05, 0.1) is 0 Å². The Morgan fingerprint density at radius 1 is 0.711 bits per heavy atom. The first kappa shape index (κ1) is 31.6. The summed E-state index contributed by atoms with van der Waals surface area (Å²) in [5.74, 6) is -2.00. The van der Waals surface area contributed by atoms with Crippen molar-refractivity contribution in [1.82, 2.24) is 0 Å². The number of carboxylic acid groups (broad SMARTS) is 1. The zero-order valence-electron chi connectivity index (χ0n) is 18.8. The molecule has 218 valence electrons. The maximum absolute atomic E-state index is 11.0. The summed E-state index contributed by atoms with van der Waals surface area (Å²) >= 11 is 0. The van der Waals surface area contributed by atoms with E-state index in [0.29, 0.717) is 0 Å². The Kier molecular flexibility index (Phi) is 11.6. The number of carboxylic acids is 1. The first-order valence-electron chi connectivity index (χ1n) is 10.5. The lowest BCUT2D eigenvalue weighted by atomic mass is 10.0. The van der Waals surface area contributed by atoms with Crippen LogP contribution >= 0.6 is 0 Å². The van der Waals surface area contributed by atoms with Gasteiger partial charge in [0, 0.05) is 0 Å². The second-order valence-electron chi connectivity index (χ2n) is 7.76. The summed E-state index contributed by atoms with van der Waals surface area (Å²) in [7, 11) is 0. The van der Waals surface area contributed by atoms with E-state index in [4.69, 9.17) is 24.1 Å². The number of aliphatic carboxylic acids is 1. The highest BCUT2D eigenvalue weighted by molar-refractivity contribution is 5.72. The van der Waals surface area contributed by atoms with E-state index in [-0.39, 0.29) is 19.4 Å². The Hall–Kier alpha value is -2.60. The molecule has 0 aliphatic carbocycles. The molecule has 14 atom stereocenters. The summed E-state index contributed by atoms with van der Waals surface area (Å²) < 4.78 is 33.6. The molecule has 20 nitrogen and oxygen atoms in total. The first-order valence-corrected chi connectivity index (χ1v) is 10.5. The van der Waals surface area contributed by atoms with E-state index in [0.717, 1.165) is 0 Å². The molecule has 0 spiro atoms. The van der Waals surface area contributed by atoms with Crippen molar-refractivity contribution in [1.29, 1.82) is 0 Å². The normalized spacial score (nSPS) is 38.6. The van der Waals surface area contributed by atoms with E-state index in [1.807, 2.05) is 0 Å². The molecule has 2 aliphatic heterocycles. The van der Waals surface area contributed by atoms with Gasteiger partial charge in [-0.25, -0.2) is 4.79 Å². The molecule has 2 fully saturated rings. The van der Waals surface area contributed by atoms with Crippen molar-refractivity contribution in [2.75, 3.05) is 0 Å². The predicted molar refractivity (Wildman–Crippen MR) is 104 cm³/mol. The number of aliphatic hydroxyl groups is 8. The molecular formula is C18H26O20. The van der Waals surface area contributed by atoms with Gasteiger partial charge >= 0.3 is 5.97 Å². The van der Waals surface area contributed by atoms with Crippen molar-refractivity contribution in [3.8, 4) is 0 Å². The van der Waals surface area contributed by atoms with Gasteiger partial charge < -0.3 is 79.1 Å². The van der Waals surface area contributed by atoms with E-state index in [9.17, 15) is 60.0 Å². The summed E-state index contributed by atoms with van der Waals surface area (Å²) in [4.78, 5) is 43.2. The Bertz CT molecular complexity index is 796. The van der Waals surface area contributed by atoms with Crippen LogP contribution in [0, 0.1) is 0 Å². The molecule has 9 N–H and O–H groups in total. The Labute approximate surface area is 211 Å². The Balaban J connectivity index is 2.26. The van der Waals surface area contributed by atoms with Gasteiger partial charge in [-0.05, 0) is 0 Å². The summed E-state index contributed by atoms with van der Waals surface area (Å²) in [6.07, 6.45) is -30.6. The number of hydrogen-bond donors (Lipinski definition) is 9. The minimum absolute atomic E-state index is 0.160. The molecule has 0 bridgehead atoms. The fraction of sp³-hybridized carbons (Fsp3) is 0.778. The summed E-state index contributed by atoms with van der Waals surface area (Å²) in [6, 6.07) is 0. The van der Waals surface area contributed by atoms with Gasteiger partial charge in [-0.2, -0.15) is 0 Å². The van der Waals surface area contributed by atoms with Crippen LogP contribution in [0.2, 0.25) is 0 Å². The van der Waals surface area contributed by atoms with Crippen molar-refractivity contribution < 1.29 is 98.3 Å². The van der Waals surface area contributed by atoms with Gasteiger partial charge in [-0.3, -0.25) is 14.4 Å². The maximum Gasteiger partial charge on any atom is 0.335 e. The van der Waals surface area contributed by atoms with Crippen molar-refractivity contribution in [3.63, 3.8) is 0 Å². The zero-order valence-corrected chi connectivity index (χ0v) is 18.8. The van der Waals surface area contributed by atoms with Crippen LogP contribution in [0.4, 0.5) is 0 Å². The van der Waals surface area contributed by atoms with Crippen LogP contribution in [-0.4, -0.2) is 158 Å². The summed E-state index contributed by atoms with van der Waals surface area (Å²) in [5.41, 5.74) is 0. The third-order valence-electron chi connectivity index (χ3n) is 5.38. The third kappa shape index (κ3) is 7.07. The highest BCUT2D eigenvalue weighted by Gasteiger charge is 2.53. The molecule has 6 unspecified atom stereocenters. The third-order valence-corrected chi connectivity index (χ3v) is 5.38. The van der Waals surface area contributed by atoms with Crippen LogP contribution < -0.4 is 0 Å². The zero-order chi connectivity index (χ0) is 28.7. The molecule has 0 saturated carbocycles. The lowest BCUT2D eigenvalue weighted by molar-refractivity contribution is -0.402. The molecule has 0 aromatic carbocycles. The smallest absolute Gasteiger partial charge is 0.335 e. The van der Waals surface area contributed by atoms with Gasteiger partial charge in [-0.15, -0.1) is 0 Å². The topological polar surface area (TPSA) is 315 Å². The number of carbonyl (C=O) groups excluding carboxylic acids is 3. The summed E-state index contributed by atoms with van der Waals surface area (Å²) in [6.45, 7) is -0.728. The number of carbonyl (C=O) groups is 4. The minimum atomic E-state index is -2.62. The van der Waals surface area contributed by atoms with Crippen molar-refractivity contribution >= 4 is 25.4 Å². The second-order valence-corrected chi connectivity index (χ2v) is 7.76. The largest absolute Gasteiger partial charge is 0.479 e. The number of aliphatic hydroxyl groups excluding tert-OH is 8. The Morgan fingerprint density at radius 3 is 1.79 bits per heavy atom. The average molecular weight is 562 g/mol. The number of hydrogen-bond acceptors (Lipinski definition) is 19. The number of ether oxygens (including phenoxy) is 7. The lowest BCUT2D eigenvalue weighted by Crippen LogP contribution is -2.65. The van der Waals surface area contributed by atoms with Gasteiger partial charge in [0.1, 0.15) is 36.6 Å². The van der Waals surface area contributed by atoms with E-state index in [1.54, 1.807) is 0 Å². The van der Waals surface area contributed by atoms with E-state index in [2.05, 4.69) is 14.2 Å². The Morgan fingerprint density at radius 2 is 1.24 bits per heavy atom. The van der Waals surface area contributed by atoms with Crippen LogP contribution in [0.1, 0.15) is 0 Å². The lowest BCUT2D eigenvalue weighted by Gasteiger charge is -2.45. The minimum Gasteiger partial charge on any atom is -0.479 e. The molecule has 0 aromatic rings. The maximum atomic E-state index is 11.0. The highest BCUT2D eigenvalue weighted by Crippen LogP contribution is 2.31. The monoisotopic (exact) mass is 562 g/mol. The molecule has 2 aliphatic rings. The fourth-order valence-electron chi connectivity index (χ4n) is 3.41. The SMILES string of the molecule is O=COC1O[C@@H](O[C@@H](C(O)C(O)C(=O)O)[C@@H](O)OC=O)C(O)[C@@H](O)[C@@H]1O[C@@H]1O[C@@H](OC=O)[C@@H](O)C(O)C1O. The van der Waals surface area contributed by atoms with E-state index >= 15 is 0 Å². The standard InChI is InChI=1S/C18H26O20/c19-1-32-14(31)11(5(23)7(25)13(29)30)35-17-10(28)6(24)12(18(38-17)34-3-21)36-16-9(27)4(22)8(26)15(37-16)33-2-20/h1-12,14-18,22-28,31H,(H,29,30)/t4?,5?,6-,7?,8+,9?,10?,11+,12+,14+,15-,16-,17-,18?/m1/s1. The molecule has 0 aromatic heterocycles. The van der Waals surface area contributed by atoms with Crippen molar-refractivity contribution in [2.45, 2.75) is 86.4 Å². The molecule has 0 amide bonds. The second kappa shape index (κ2) is 14.0. The molecule has 38 heavy (non-hydrogen) atoms. The molecule has 0 radical (unpaired) electrons. The molecule has 2 rings (SSSR count).